The standard InChI is InChI=1S/C26H32BrN5O2S/c1-2-32-13-10-17(11-14-32)5-4-12-28-26-29-16-21(27)24(30-26)23-15-20-19(6-3-7-22(20)35-23)25(33)34-31-18-8-9-18/h3,6-7,15-18,31H,2,4-5,8-14H2,1H3,(H,28,29,30). The molecule has 35 heavy (non-hydrogen) atoms. The van der Waals surface area contributed by atoms with Crippen molar-refractivity contribution in [2.75, 3.05) is 31.5 Å². The van der Waals surface area contributed by atoms with Gasteiger partial charge in [0.2, 0.25) is 5.95 Å². The number of carbonyl (C=O) groups is 1. The molecule has 0 amide bonds. The third kappa shape index (κ3) is 6.20. The smallest absolute Gasteiger partial charge is 0.357 e. The molecule has 0 unspecified atom stereocenters. The Morgan fingerprint density at radius 1 is 1.26 bits per heavy atom. The zero-order valence-corrected chi connectivity index (χ0v) is 22.5. The van der Waals surface area contributed by atoms with Gasteiger partial charge in [0.1, 0.15) is 5.69 Å². The molecule has 1 saturated heterocycles. The molecule has 2 aromatic heterocycles. The van der Waals surface area contributed by atoms with Crippen LogP contribution in [-0.2, 0) is 4.84 Å². The van der Waals surface area contributed by atoms with Gasteiger partial charge in [-0.25, -0.2) is 14.8 Å². The maximum Gasteiger partial charge on any atom is 0.357 e. The van der Waals surface area contributed by atoms with Crippen LogP contribution in [0.5, 0.6) is 0 Å². The number of carbonyl (C=O) groups excluding carboxylic acids is 1. The van der Waals surface area contributed by atoms with Crippen molar-refractivity contribution >= 4 is 49.3 Å². The Bertz CT molecular complexity index is 1170. The molecule has 0 atom stereocenters. The number of rotatable bonds is 10. The predicted molar refractivity (Wildman–Crippen MR) is 145 cm³/mol. The van der Waals surface area contributed by atoms with Crippen LogP contribution in [0.4, 0.5) is 5.95 Å². The number of piperidine rings is 1. The second-order valence-electron chi connectivity index (χ2n) is 9.45. The molecule has 3 aromatic rings. The van der Waals surface area contributed by atoms with Crippen LogP contribution in [0.2, 0.25) is 0 Å². The van der Waals surface area contributed by atoms with E-state index in [1.807, 2.05) is 24.3 Å². The van der Waals surface area contributed by atoms with Crippen molar-refractivity contribution in [2.24, 2.45) is 5.92 Å². The highest BCUT2D eigenvalue weighted by atomic mass is 79.9. The molecule has 1 saturated carbocycles. The molecule has 3 heterocycles. The fraction of sp³-hybridized carbons (Fsp3) is 0.500. The van der Waals surface area contributed by atoms with Gasteiger partial charge in [-0.05, 0) is 98.2 Å². The highest BCUT2D eigenvalue weighted by Crippen LogP contribution is 2.37. The van der Waals surface area contributed by atoms with Crippen molar-refractivity contribution in [3.63, 3.8) is 0 Å². The summed E-state index contributed by atoms with van der Waals surface area (Å²) in [4.78, 5) is 30.7. The van der Waals surface area contributed by atoms with Gasteiger partial charge in [-0.2, -0.15) is 0 Å². The second-order valence-corrected chi connectivity index (χ2v) is 11.4. The summed E-state index contributed by atoms with van der Waals surface area (Å²) in [5.74, 6) is 1.12. The molecule has 7 nitrogen and oxygen atoms in total. The van der Waals surface area contributed by atoms with E-state index in [2.05, 4.69) is 43.5 Å². The molecule has 186 valence electrons. The summed E-state index contributed by atoms with van der Waals surface area (Å²) in [5, 5.41) is 4.29. The molecule has 2 aliphatic rings. The summed E-state index contributed by atoms with van der Waals surface area (Å²) in [6, 6.07) is 8.04. The molecular formula is C26H32BrN5O2S. The Morgan fingerprint density at radius 3 is 2.86 bits per heavy atom. The van der Waals surface area contributed by atoms with E-state index in [1.165, 1.54) is 38.9 Å². The molecule has 2 N–H and O–H groups in total. The van der Waals surface area contributed by atoms with E-state index in [4.69, 9.17) is 9.82 Å². The fourth-order valence-corrected chi connectivity index (χ4v) is 6.18. The van der Waals surface area contributed by atoms with Crippen LogP contribution in [0.15, 0.2) is 34.9 Å². The van der Waals surface area contributed by atoms with Gasteiger partial charge in [0.05, 0.1) is 14.9 Å². The van der Waals surface area contributed by atoms with Gasteiger partial charge in [0.15, 0.2) is 0 Å². The molecule has 1 aliphatic carbocycles. The van der Waals surface area contributed by atoms with Gasteiger partial charge >= 0.3 is 5.97 Å². The Kier molecular flexibility index (Phi) is 7.97. The van der Waals surface area contributed by atoms with Gasteiger partial charge in [0, 0.05) is 28.9 Å². The number of likely N-dealkylation sites (tertiary alicyclic amines) is 1. The Labute approximate surface area is 218 Å². The number of hydroxylamine groups is 1. The number of fused-ring (bicyclic) bond motifs is 1. The molecule has 2 fully saturated rings. The maximum atomic E-state index is 12.6. The molecule has 0 radical (unpaired) electrons. The van der Waals surface area contributed by atoms with Crippen LogP contribution < -0.4 is 10.8 Å². The molecule has 0 bridgehead atoms. The Morgan fingerprint density at radius 2 is 2.09 bits per heavy atom. The minimum Gasteiger partial charge on any atom is -0.366 e. The minimum absolute atomic E-state index is 0.299. The lowest BCUT2D eigenvalue weighted by Gasteiger charge is -2.31. The van der Waals surface area contributed by atoms with Crippen molar-refractivity contribution in [2.45, 2.75) is 51.5 Å². The summed E-state index contributed by atoms with van der Waals surface area (Å²) in [6.07, 6.45) is 8.89. The number of anilines is 1. The largest absolute Gasteiger partial charge is 0.366 e. The Hall–Kier alpha value is -2.07. The molecule has 5 rings (SSSR count). The number of hydrogen-bond donors (Lipinski definition) is 2. The number of thiophene rings is 1. The van der Waals surface area contributed by atoms with E-state index >= 15 is 0 Å². The summed E-state index contributed by atoms with van der Waals surface area (Å²) >= 11 is 5.22. The second kappa shape index (κ2) is 11.3. The van der Waals surface area contributed by atoms with Gasteiger partial charge < -0.3 is 15.1 Å². The van der Waals surface area contributed by atoms with Crippen LogP contribution in [0.25, 0.3) is 20.7 Å². The summed E-state index contributed by atoms with van der Waals surface area (Å²) in [5.41, 5.74) is 4.23. The topological polar surface area (TPSA) is 79.4 Å². The van der Waals surface area contributed by atoms with E-state index in [-0.39, 0.29) is 5.97 Å². The van der Waals surface area contributed by atoms with E-state index in [0.717, 1.165) is 56.9 Å². The number of hydrogen-bond acceptors (Lipinski definition) is 8. The fourth-order valence-electron chi connectivity index (χ4n) is 4.56. The quantitative estimate of drug-likeness (QED) is 0.238. The van der Waals surface area contributed by atoms with Crippen molar-refractivity contribution in [1.82, 2.24) is 20.3 Å². The van der Waals surface area contributed by atoms with Crippen LogP contribution >= 0.6 is 27.3 Å². The van der Waals surface area contributed by atoms with E-state index < -0.39 is 0 Å². The monoisotopic (exact) mass is 557 g/mol. The number of aromatic nitrogens is 2. The zero-order valence-electron chi connectivity index (χ0n) is 20.1. The number of nitrogens with zero attached hydrogens (tertiary/aromatic N) is 3. The first-order chi connectivity index (χ1) is 17.1. The Balaban J connectivity index is 1.23. The average Bonchev–Trinajstić information content (AvgIpc) is 3.62. The van der Waals surface area contributed by atoms with E-state index in [0.29, 0.717) is 17.6 Å². The van der Waals surface area contributed by atoms with Crippen molar-refractivity contribution in [3.8, 4) is 10.6 Å². The van der Waals surface area contributed by atoms with Crippen LogP contribution in [0.1, 0.15) is 55.8 Å². The number of halogens is 1. The van der Waals surface area contributed by atoms with Gasteiger partial charge in [-0.15, -0.1) is 16.8 Å². The molecule has 1 aromatic carbocycles. The van der Waals surface area contributed by atoms with E-state index in [9.17, 15) is 4.79 Å². The van der Waals surface area contributed by atoms with Crippen molar-refractivity contribution in [1.29, 1.82) is 0 Å². The van der Waals surface area contributed by atoms with Crippen molar-refractivity contribution in [3.05, 3.63) is 40.5 Å². The first-order valence-corrected chi connectivity index (χ1v) is 14.2. The average molecular weight is 559 g/mol. The number of benzene rings is 1. The number of nitrogens with one attached hydrogen (secondary N) is 2. The van der Waals surface area contributed by atoms with Gasteiger partial charge in [-0.1, -0.05) is 13.0 Å². The van der Waals surface area contributed by atoms with Crippen LogP contribution in [0.3, 0.4) is 0 Å². The lowest BCUT2D eigenvalue weighted by atomic mass is 9.92. The summed E-state index contributed by atoms with van der Waals surface area (Å²) < 4.78 is 1.85. The first kappa shape index (κ1) is 24.6. The van der Waals surface area contributed by atoms with Gasteiger partial charge in [0.25, 0.3) is 0 Å². The highest BCUT2D eigenvalue weighted by Gasteiger charge is 2.24. The molecule has 9 heteroatoms. The van der Waals surface area contributed by atoms with E-state index in [1.54, 1.807) is 17.5 Å². The third-order valence-electron chi connectivity index (χ3n) is 6.88. The predicted octanol–water partition coefficient (Wildman–Crippen LogP) is 5.87. The minimum atomic E-state index is -0.351. The zero-order chi connectivity index (χ0) is 24.2. The molecule has 0 spiro atoms. The highest BCUT2D eigenvalue weighted by molar-refractivity contribution is 9.10. The lowest BCUT2D eigenvalue weighted by molar-refractivity contribution is 0.0238. The maximum absolute atomic E-state index is 12.6. The van der Waals surface area contributed by atoms with Crippen molar-refractivity contribution < 1.29 is 9.63 Å². The summed E-state index contributed by atoms with van der Waals surface area (Å²) in [7, 11) is 0. The SMILES string of the molecule is CCN1CCC(CCCNc2ncc(Br)c(-c3cc4c(C(=O)ONC5CC5)cccc4s3)n2)CC1. The molecular weight excluding hydrogens is 526 g/mol. The first-order valence-electron chi connectivity index (χ1n) is 12.6. The molecule has 1 aliphatic heterocycles. The lowest BCUT2D eigenvalue weighted by Crippen LogP contribution is -2.33. The van der Waals surface area contributed by atoms with Crippen LogP contribution in [-0.4, -0.2) is 53.1 Å². The summed E-state index contributed by atoms with van der Waals surface area (Å²) in [6.45, 7) is 6.75. The third-order valence-corrected chi connectivity index (χ3v) is 8.57. The van der Waals surface area contributed by atoms with Gasteiger partial charge in [-0.3, -0.25) is 0 Å². The normalized spacial score (nSPS) is 17.1. The van der Waals surface area contributed by atoms with Crippen LogP contribution in [0, 0.1) is 5.92 Å².